The zero-order chi connectivity index (χ0) is 15.2. The minimum absolute atomic E-state index is 0.0964. The number of nitrogens with zero attached hydrogens (tertiary/aromatic N) is 1. The maximum absolute atomic E-state index is 12.8. The van der Waals surface area contributed by atoms with Crippen molar-refractivity contribution in [1.29, 1.82) is 0 Å². The lowest BCUT2D eigenvalue weighted by Gasteiger charge is -2.24. The lowest BCUT2D eigenvalue weighted by molar-refractivity contribution is 0.0631. The van der Waals surface area contributed by atoms with Gasteiger partial charge in [0.1, 0.15) is 10.6 Å². The molecule has 0 bridgehead atoms. The highest BCUT2D eigenvalue weighted by atomic mass is 32.1. The number of ether oxygens (including phenoxy) is 2. The minimum atomic E-state index is 0.0964. The molecule has 1 aromatic rings. The van der Waals surface area contributed by atoms with Gasteiger partial charge in [-0.15, -0.1) is 11.3 Å². The van der Waals surface area contributed by atoms with Crippen LogP contribution in [0.1, 0.15) is 47.2 Å². The molecule has 118 valence electrons. The van der Waals surface area contributed by atoms with Crippen LogP contribution in [0.25, 0.3) is 0 Å². The van der Waals surface area contributed by atoms with Crippen molar-refractivity contribution in [2.45, 2.75) is 45.6 Å². The first kappa shape index (κ1) is 16.3. The molecular weight excluding hydrogens is 286 g/mol. The summed E-state index contributed by atoms with van der Waals surface area (Å²) in [4.78, 5) is 16.6. The normalized spacial score (nSPS) is 18.2. The van der Waals surface area contributed by atoms with Gasteiger partial charge in [-0.25, -0.2) is 0 Å². The molecule has 2 heterocycles. The van der Waals surface area contributed by atoms with Gasteiger partial charge in [-0.3, -0.25) is 4.79 Å². The van der Waals surface area contributed by atoms with Crippen LogP contribution in [0.5, 0.6) is 5.75 Å². The van der Waals surface area contributed by atoms with Crippen molar-refractivity contribution in [3.8, 4) is 5.75 Å². The molecule has 1 fully saturated rings. The summed E-state index contributed by atoms with van der Waals surface area (Å²) in [5.41, 5.74) is 0. The number of methoxy groups -OCH3 is 1. The van der Waals surface area contributed by atoms with Gasteiger partial charge in [0.15, 0.2) is 0 Å². The SMILES string of the molecule is CCCCOc1cc(C)sc1C(=O)N1CCC[C@@H]1COC. The average Bonchev–Trinajstić information content (AvgIpc) is 3.06. The molecule has 1 aromatic heterocycles. The van der Waals surface area contributed by atoms with E-state index in [0.29, 0.717) is 13.2 Å². The Morgan fingerprint density at radius 1 is 1.52 bits per heavy atom. The largest absolute Gasteiger partial charge is 0.492 e. The van der Waals surface area contributed by atoms with E-state index >= 15 is 0 Å². The highest BCUT2D eigenvalue weighted by Crippen LogP contribution is 2.32. The van der Waals surface area contributed by atoms with Gasteiger partial charge in [0.2, 0.25) is 0 Å². The van der Waals surface area contributed by atoms with Crippen molar-refractivity contribution in [3.63, 3.8) is 0 Å². The van der Waals surface area contributed by atoms with Gasteiger partial charge in [0.25, 0.3) is 5.91 Å². The van der Waals surface area contributed by atoms with Crippen molar-refractivity contribution in [2.24, 2.45) is 0 Å². The Kier molecular flexibility index (Phi) is 6.06. The predicted molar refractivity (Wildman–Crippen MR) is 85.4 cm³/mol. The third kappa shape index (κ3) is 3.98. The molecule has 0 saturated carbocycles. The highest BCUT2D eigenvalue weighted by molar-refractivity contribution is 7.14. The van der Waals surface area contributed by atoms with E-state index in [1.807, 2.05) is 17.9 Å². The molecule has 5 heteroatoms. The highest BCUT2D eigenvalue weighted by Gasteiger charge is 2.31. The van der Waals surface area contributed by atoms with Gasteiger partial charge in [0.05, 0.1) is 19.3 Å². The van der Waals surface area contributed by atoms with Gasteiger partial charge in [-0.1, -0.05) is 13.3 Å². The van der Waals surface area contributed by atoms with Gasteiger partial charge in [-0.2, -0.15) is 0 Å². The molecule has 0 aliphatic carbocycles. The number of carbonyl (C=O) groups is 1. The molecule has 4 nitrogen and oxygen atoms in total. The molecule has 2 rings (SSSR count). The minimum Gasteiger partial charge on any atom is -0.492 e. The number of likely N-dealkylation sites (tertiary alicyclic amines) is 1. The van der Waals surface area contributed by atoms with Crippen molar-refractivity contribution >= 4 is 17.2 Å². The second-order valence-electron chi connectivity index (χ2n) is 5.50. The molecule has 1 amide bonds. The summed E-state index contributed by atoms with van der Waals surface area (Å²) < 4.78 is 11.0. The number of aryl methyl sites for hydroxylation is 1. The van der Waals surface area contributed by atoms with Crippen LogP contribution in [0.15, 0.2) is 6.07 Å². The fourth-order valence-corrected chi connectivity index (χ4v) is 3.58. The van der Waals surface area contributed by atoms with Gasteiger partial charge < -0.3 is 14.4 Å². The first-order chi connectivity index (χ1) is 10.2. The lowest BCUT2D eigenvalue weighted by atomic mass is 10.2. The summed E-state index contributed by atoms with van der Waals surface area (Å²) in [5, 5.41) is 0. The molecule has 0 N–H and O–H groups in total. The van der Waals surface area contributed by atoms with E-state index < -0.39 is 0 Å². The van der Waals surface area contributed by atoms with Gasteiger partial charge in [0, 0.05) is 18.5 Å². The van der Waals surface area contributed by atoms with Crippen LogP contribution in [-0.2, 0) is 4.74 Å². The van der Waals surface area contributed by atoms with Crippen LogP contribution in [0.4, 0.5) is 0 Å². The van der Waals surface area contributed by atoms with E-state index in [-0.39, 0.29) is 11.9 Å². The second-order valence-corrected chi connectivity index (χ2v) is 6.76. The third-order valence-electron chi connectivity index (χ3n) is 3.77. The first-order valence-corrected chi connectivity index (χ1v) is 8.52. The van der Waals surface area contributed by atoms with Crippen LogP contribution in [0, 0.1) is 6.92 Å². The van der Waals surface area contributed by atoms with Crippen molar-refractivity contribution in [3.05, 3.63) is 15.8 Å². The van der Waals surface area contributed by atoms with Crippen LogP contribution in [0.2, 0.25) is 0 Å². The number of thiophene rings is 1. The van der Waals surface area contributed by atoms with Gasteiger partial charge in [-0.05, 0) is 32.3 Å². The summed E-state index contributed by atoms with van der Waals surface area (Å²) in [5.74, 6) is 0.846. The number of rotatable bonds is 7. The molecular formula is C16H25NO3S. The smallest absolute Gasteiger partial charge is 0.268 e. The maximum atomic E-state index is 12.8. The Bertz CT molecular complexity index is 472. The molecule has 0 spiro atoms. The lowest BCUT2D eigenvalue weighted by Crippen LogP contribution is -2.37. The monoisotopic (exact) mass is 311 g/mol. The predicted octanol–water partition coefficient (Wildman–Crippen LogP) is 3.49. The van der Waals surface area contributed by atoms with E-state index in [9.17, 15) is 4.79 Å². The molecule has 0 radical (unpaired) electrons. The van der Waals surface area contributed by atoms with Crippen molar-refractivity contribution < 1.29 is 14.3 Å². The quantitative estimate of drug-likeness (QED) is 0.724. The van der Waals surface area contributed by atoms with E-state index in [0.717, 1.165) is 47.7 Å². The fraction of sp³-hybridized carbons (Fsp3) is 0.688. The second kappa shape index (κ2) is 7.80. The van der Waals surface area contributed by atoms with Crippen molar-refractivity contribution in [1.82, 2.24) is 4.90 Å². The molecule has 1 aliphatic rings. The van der Waals surface area contributed by atoms with E-state index in [1.54, 1.807) is 7.11 Å². The summed E-state index contributed by atoms with van der Waals surface area (Å²) in [6.45, 7) is 6.26. The number of amides is 1. The number of carbonyl (C=O) groups excluding carboxylic acids is 1. The topological polar surface area (TPSA) is 38.8 Å². The Hall–Kier alpha value is -1.07. The Morgan fingerprint density at radius 2 is 2.33 bits per heavy atom. The molecule has 1 saturated heterocycles. The number of hydrogen-bond acceptors (Lipinski definition) is 4. The zero-order valence-corrected chi connectivity index (χ0v) is 14.0. The summed E-state index contributed by atoms with van der Waals surface area (Å²) in [6.07, 6.45) is 4.18. The van der Waals surface area contributed by atoms with E-state index in [4.69, 9.17) is 9.47 Å². The molecule has 1 atom stereocenters. The maximum Gasteiger partial charge on any atom is 0.268 e. The number of hydrogen-bond donors (Lipinski definition) is 0. The van der Waals surface area contributed by atoms with E-state index in [1.165, 1.54) is 11.3 Å². The van der Waals surface area contributed by atoms with Crippen molar-refractivity contribution in [2.75, 3.05) is 26.9 Å². The van der Waals surface area contributed by atoms with Gasteiger partial charge >= 0.3 is 0 Å². The van der Waals surface area contributed by atoms with Crippen LogP contribution in [0.3, 0.4) is 0 Å². The fourth-order valence-electron chi connectivity index (χ4n) is 2.67. The molecule has 21 heavy (non-hydrogen) atoms. The molecule has 1 aliphatic heterocycles. The summed E-state index contributed by atoms with van der Waals surface area (Å²) >= 11 is 1.53. The summed E-state index contributed by atoms with van der Waals surface area (Å²) in [6, 6.07) is 2.18. The number of unbranched alkanes of at least 4 members (excludes halogenated alkanes) is 1. The standard InChI is InChI=1S/C16H25NO3S/c1-4-5-9-20-14-10-12(2)21-15(14)16(18)17-8-6-7-13(17)11-19-3/h10,13H,4-9,11H2,1-3H3/t13-/m1/s1. The van der Waals surface area contributed by atoms with Crippen LogP contribution in [-0.4, -0.2) is 43.7 Å². The molecule has 0 aromatic carbocycles. The zero-order valence-electron chi connectivity index (χ0n) is 13.2. The Balaban J connectivity index is 2.10. The summed E-state index contributed by atoms with van der Waals surface area (Å²) in [7, 11) is 1.69. The van der Waals surface area contributed by atoms with Crippen LogP contribution < -0.4 is 4.74 Å². The Labute approximate surface area is 131 Å². The third-order valence-corrected chi connectivity index (χ3v) is 4.79. The Morgan fingerprint density at radius 3 is 3.05 bits per heavy atom. The van der Waals surface area contributed by atoms with E-state index in [2.05, 4.69) is 6.92 Å². The first-order valence-electron chi connectivity index (χ1n) is 7.70. The van der Waals surface area contributed by atoms with Crippen LogP contribution >= 0.6 is 11.3 Å². The average molecular weight is 311 g/mol. The molecule has 0 unspecified atom stereocenters.